The Balaban J connectivity index is 1.79. The van der Waals surface area contributed by atoms with E-state index < -0.39 is 0 Å². The van der Waals surface area contributed by atoms with Crippen molar-refractivity contribution in [3.63, 3.8) is 0 Å². The van der Waals surface area contributed by atoms with Gasteiger partial charge in [-0.25, -0.2) is 0 Å². The topological polar surface area (TPSA) is 32.3 Å². The average Bonchev–Trinajstić information content (AvgIpc) is 2.40. The lowest BCUT2D eigenvalue weighted by atomic mass is 9.85. The highest BCUT2D eigenvalue weighted by Crippen LogP contribution is 2.24. The lowest BCUT2D eigenvalue weighted by molar-refractivity contribution is -0.125. The summed E-state index contributed by atoms with van der Waals surface area (Å²) in [5, 5.41) is 3.33. The van der Waals surface area contributed by atoms with Gasteiger partial charge >= 0.3 is 0 Å². The second-order valence-corrected chi connectivity index (χ2v) is 6.29. The highest BCUT2D eigenvalue weighted by Gasteiger charge is 2.27. The fraction of sp³-hybridized carbons (Fsp3) is 0.933. The third-order valence-corrected chi connectivity index (χ3v) is 4.57. The Kier molecular flexibility index (Phi) is 5.19. The summed E-state index contributed by atoms with van der Waals surface area (Å²) in [6, 6.07) is 0.627. The van der Waals surface area contributed by atoms with E-state index in [2.05, 4.69) is 24.1 Å². The maximum atomic E-state index is 12.3. The number of nitrogens with one attached hydrogen (secondary N) is 1. The van der Waals surface area contributed by atoms with Crippen LogP contribution in [0.4, 0.5) is 0 Å². The van der Waals surface area contributed by atoms with Crippen LogP contribution in [-0.2, 0) is 4.79 Å². The minimum absolute atomic E-state index is 0.348. The van der Waals surface area contributed by atoms with Gasteiger partial charge in [0.1, 0.15) is 5.78 Å². The van der Waals surface area contributed by atoms with Crippen molar-refractivity contribution in [3.8, 4) is 0 Å². The summed E-state index contributed by atoms with van der Waals surface area (Å²) in [5.74, 6) is 1.50. The molecule has 0 bridgehead atoms. The first-order valence-electron chi connectivity index (χ1n) is 7.64. The van der Waals surface area contributed by atoms with Crippen molar-refractivity contribution in [2.75, 3.05) is 26.2 Å². The summed E-state index contributed by atoms with van der Waals surface area (Å²) in [6.45, 7) is 8.93. The zero-order chi connectivity index (χ0) is 13.0. The molecule has 0 radical (unpaired) electrons. The number of Topliss-reactive ketones (excluding diaryl/α,β-unsaturated/α-hetero) is 1. The van der Waals surface area contributed by atoms with E-state index in [-0.39, 0.29) is 0 Å². The van der Waals surface area contributed by atoms with Crippen LogP contribution in [0.3, 0.4) is 0 Å². The molecule has 2 saturated heterocycles. The van der Waals surface area contributed by atoms with Gasteiger partial charge in [-0.05, 0) is 65.1 Å². The monoisotopic (exact) mass is 252 g/mol. The van der Waals surface area contributed by atoms with E-state index in [4.69, 9.17) is 0 Å². The van der Waals surface area contributed by atoms with Crippen molar-refractivity contribution in [1.29, 1.82) is 0 Å². The first kappa shape index (κ1) is 14.0. The molecule has 0 unspecified atom stereocenters. The highest BCUT2D eigenvalue weighted by molar-refractivity contribution is 5.81. The third kappa shape index (κ3) is 3.79. The maximum absolute atomic E-state index is 12.3. The molecule has 2 rings (SSSR count). The van der Waals surface area contributed by atoms with Gasteiger partial charge in [-0.1, -0.05) is 0 Å². The third-order valence-electron chi connectivity index (χ3n) is 4.57. The number of likely N-dealkylation sites (tertiary alicyclic amines) is 1. The van der Waals surface area contributed by atoms with Gasteiger partial charge in [-0.2, -0.15) is 0 Å². The number of nitrogens with zero attached hydrogens (tertiary/aromatic N) is 1. The second-order valence-electron chi connectivity index (χ2n) is 6.29. The Hall–Kier alpha value is -0.410. The number of carbonyl (C=O) groups is 1. The van der Waals surface area contributed by atoms with E-state index in [9.17, 15) is 4.79 Å². The van der Waals surface area contributed by atoms with E-state index in [0.717, 1.165) is 38.9 Å². The molecule has 0 aliphatic carbocycles. The quantitative estimate of drug-likeness (QED) is 0.831. The van der Waals surface area contributed by atoms with Crippen molar-refractivity contribution in [2.24, 2.45) is 11.8 Å². The Morgan fingerprint density at radius 3 is 2.67 bits per heavy atom. The maximum Gasteiger partial charge on any atom is 0.136 e. The van der Waals surface area contributed by atoms with Gasteiger partial charge in [0.25, 0.3) is 0 Å². The fourth-order valence-corrected chi connectivity index (χ4v) is 3.33. The zero-order valence-electron chi connectivity index (χ0n) is 12.0. The molecule has 2 aliphatic rings. The lowest BCUT2D eigenvalue weighted by Crippen LogP contribution is -2.41. The van der Waals surface area contributed by atoms with Gasteiger partial charge < -0.3 is 10.2 Å². The van der Waals surface area contributed by atoms with Gasteiger partial charge in [0.15, 0.2) is 0 Å². The number of carbonyl (C=O) groups excluding carboxylic acids is 1. The minimum atomic E-state index is 0.348. The Morgan fingerprint density at radius 2 is 2.00 bits per heavy atom. The SMILES string of the molecule is CC(C)N1CCC[C@@H](CC(=O)C2CCNCC2)C1. The molecule has 3 nitrogen and oxygen atoms in total. The Bertz CT molecular complexity index is 272. The number of piperidine rings is 2. The average molecular weight is 252 g/mol. The van der Waals surface area contributed by atoms with Crippen molar-refractivity contribution in [3.05, 3.63) is 0 Å². The van der Waals surface area contributed by atoms with Crippen LogP contribution in [0, 0.1) is 11.8 Å². The highest BCUT2D eigenvalue weighted by atomic mass is 16.1. The molecule has 18 heavy (non-hydrogen) atoms. The Labute approximate surface area is 111 Å². The van der Waals surface area contributed by atoms with Crippen LogP contribution in [-0.4, -0.2) is 42.9 Å². The predicted octanol–water partition coefficient (Wildman–Crippen LogP) is 2.07. The molecule has 2 fully saturated rings. The summed E-state index contributed by atoms with van der Waals surface area (Å²) in [4.78, 5) is 14.8. The number of hydrogen-bond donors (Lipinski definition) is 1. The number of hydrogen-bond acceptors (Lipinski definition) is 3. The molecule has 0 amide bonds. The summed E-state index contributed by atoms with van der Waals surface area (Å²) in [7, 11) is 0. The molecule has 0 saturated carbocycles. The van der Waals surface area contributed by atoms with E-state index in [0.29, 0.717) is 23.7 Å². The van der Waals surface area contributed by atoms with Gasteiger partial charge in [0.2, 0.25) is 0 Å². The van der Waals surface area contributed by atoms with Crippen molar-refractivity contribution in [2.45, 2.75) is 52.0 Å². The van der Waals surface area contributed by atoms with Crippen LogP contribution in [0.25, 0.3) is 0 Å². The van der Waals surface area contributed by atoms with Crippen molar-refractivity contribution >= 4 is 5.78 Å². The molecular formula is C15H28N2O. The van der Waals surface area contributed by atoms with E-state index >= 15 is 0 Å². The standard InChI is InChI=1S/C15H28N2O/c1-12(2)17-9-3-4-13(11-17)10-15(18)14-5-7-16-8-6-14/h12-14,16H,3-11H2,1-2H3/t13-/m0/s1. The molecule has 1 N–H and O–H groups in total. The van der Waals surface area contributed by atoms with E-state index in [1.54, 1.807) is 0 Å². The predicted molar refractivity (Wildman–Crippen MR) is 74.7 cm³/mol. The summed E-state index contributed by atoms with van der Waals surface area (Å²) in [6.07, 6.45) is 5.45. The zero-order valence-corrected chi connectivity index (χ0v) is 12.0. The fourth-order valence-electron chi connectivity index (χ4n) is 3.33. The smallest absolute Gasteiger partial charge is 0.136 e. The first-order chi connectivity index (χ1) is 8.66. The molecule has 1 atom stereocenters. The molecule has 2 aliphatic heterocycles. The normalized spacial score (nSPS) is 27.6. The van der Waals surface area contributed by atoms with Crippen LogP contribution in [0.15, 0.2) is 0 Å². The summed E-state index contributed by atoms with van der Waals surface area (Å²) in [5.41, 5.74) is 0. The van der Waals surface area contributed by atoms with Crippen molar-refractivity contribution in [1.82, 2.24) is 10.2 Å². The lowest BCUT2D eigenvalue weighted by Gasteiger charge is -2.35. The molecule has 0 aromatic carbocycles. The second kappa shape index (κ2) is 6.67. The number of ketones is 1. The minimum Gasteiger partial charge on any atom is -0.317 e. The van der Waals surface area contributed by atoms with Crippen LogP contribution in [0.2, 0.25) is 0 Å². The van der Waals surface area contributed by atoms with Gasteiger partial charge in [-0.15, -0.1) is 0 Å². The molecule has 104 valence electrons. The molecule has 0 aromatic rings. The van der Waals surface area contributed by atoms with Crippen LogP contribution < -0.4 is 5.32 Å². The largest absolute Gasteiger partial charge is 0.317 e. The van der Waals surface area contributed by atoms with Crippen LogP contribution in [0.5, 0.6) is 0 Å². The van der Waals surface area contributed by atoms with Gasteiger partial charge in [-0.3, -0.25) is 4.79 Å². The van der Waals surface area contributed by atoms with E-state index in [1.165, 1.54) is 19.4 Å². The summed E-state index contributed by atoms with van der Waals surface area (Å²) >= 11 is 0. The van der Waals surface area contributed by atoms with Crippen LogP contribution >= 0.6 is 0 Å². The van der Waals surface area contributed by atoms with Crippen LogP contribution in [0.1, 0.15) is 46.0 Å². The molecule has 2 heterocycles. The van der Waals surface area contributed by atoms with Gasteiger partial charge in [0, 0.05) is 24.9 Å². The van der Waals surface area contributed by atoms with Gasteiger partial charge in [0.05, 0.1) is 0 Å². The molecule has 0 aromatic heterocycles. The molecular weight excluding hydrogens is 224 g/mol. The summed E-state index contributed by atoms with van der Waals surface area (Å²) < 4.78 is 0. The number of rotatable bonds is 4. The van der Waals surface area contributed by atoms with E-state index in [1.807, 2.05) is 0 Å². The molecule has 3 heteroatoms. The Morgan fingerprint density at radius 1 is 1.28 bits per heavy atom. The van der Waals surface area contributed by atoms with Crippen molar-refractivity contribution < 1.29 is 4.79 Å². The first-order valence-corrected chi connectivity index (χ1v) is 7.64. The molecule has 0 spiro atoms.